The summed E-state index contributed by atoms with van der Waals surface area (Å²) in [5.74, 6) is 1.21. The number of hydrogen-bond acceptors (Lipinski definition) is 6. The van der Waals surface area contributed by atoms with E-state index in [-0.39, 0.29) is 18.0 Å². The zero-order valence-corrected chi connectivity index (χ0v) is 21.5. The molecule has 0 bridgehead atoms. The van der Waals surface area contributed by atoms with Crippen molar-refractivity contribution in [2.24, 2.45) is 0 Å². The van der Waals surface area contributed by atoms with Crippen LogP contribution in [0.3, 0.4) is 0 Å². The molecule has 3 aromatic rings. The lowest BCUT2D eigenvalue weighted by Crippen LogP contribution is -2.46. The smallest absolute Gasteiger partial charge is 0.319 e. The van der Waals surface area contributed by atoms with Gasteiger partial charge in [0.25, 0.3) is 5.91 Å². The van der Waals surface area contributed by atoms with E-state index >= 15 is 0 Å². The van der Waals surface area contributed by atoms with Crippen LogP contribution in [0.25, 0.3) is 11.7 Å². The largest absolute Gasteiger partial charge is 0.367 e. The molecule has 5 rings (SSSR count). The second-order valence-corrected chi connectivity index (χ2v) is 9.92. The number of anilines is 3. The summed E-state index contributed by atoms with van der Waals surface area (Å²) in [6.07, 6.45) is 5.59. The summed E-state index contributed by atoms with van der Waals surface area (Å²) < 4.78 is 1.74. The Bertz CT molecular complexity index is 1400. The number of benzene rings is 1. The van der Waals surface area contributed by atoms with Crippen LogP contribution < -0.4 is 16.0 Å². The lowest BCUT2D eigenvalue weighted by Gasteiger charge is -2.34. The lowest BCUT2D eigenvalue weighted by atomic mass is 10.1. The topological polar surface area (TPSA) is 107 Å². The Labute approximate surface area is 220 Å². The summed E-state index contributed by atoms with van der Waals surface area (Å²) in [7, 11) is 3.54. The first kappa shape index (κ1) is 24.6. The van der Waals surface area contributed by atoms with Crippen molar-refractivity contribution in [3.8, 4) is 0 Å². The minimum Gasteiger partial charge on any atom is -0.367 e. The first-order chi connectivity index (χ1) is 17.8. The van der Waals surface area contributed by atoms with Gasteiger partial charge in [-0.25, -0.2) is 9.78 Å². The number of carbonyl (C=O) groups is 2. The molecular formula is C26H29ClN8O2. The molecule has 0 saturated carbocycles. The van der Waals surface area contributed by atoms with Crippen LogP contribution in [0.4, 0.5) is 22.1 Å². The Kier molecular flexibility index (Phi) is 6.75. The monoisotopic (exact) mass is 520 g/mol. The third-order valence-electron chi connectivity index (χ3n) is 6.41. The van der Waals surface area contributed by atoms with E-state index in [1.165, 1.54) is 0 Å². The molecule has 37 heavy (non-hydrogen) atoms. The molecule has 2 saturated heterocycles. The van der Waals surface area contributed by atoms with Gasteiger partial charge in [0, 0.05) is 73.3 Å². The van der Waals surface area contributed by atoms with E-state index in [4.69, 9.17) is 16.6 Å². The maximum Gasteiger partial charge on any atom is 0.319 e. The number of allylic oxidation sites excluding steroid dienone is 1. The van der Waals surface area contributed by atoms with Gasteiger partial charge in [-0.3, -0.25) is 4.79 Å². The van der Waals surface area contributed by atoms with Gasteiger partial charge in [0.1, 0.15) is 11.6 Å². The average molecular weight is 521 g/mol. The molecule has 0 aliphatic carbocycles. The van der Waals surface area contributed by atoms with E-state index in [9.17, 15) is 9.59 Å². The van der Waals surface area contributed by atoms with Gasteiger partial charge < -0.3 is 25.8 Å². The summed E-state index contributed by atoms with van der Waals surface area (Å²) in [4.78, 5) is 32.9. The van der Waals surface area contributed by atoms with Gasteiger partial charge in [-0.05, 0) is 37.1 Å². The van der Waals surface area contributed by atoms with Crippen LogP contribution in [0.1, 0.15) is 24.8 Å². The number of nitrogens with one attached hydrogen (secondary N) is 3. The Morgan fingerprint density at radius 2 is 2.05 bits per heavy atom. The number of hydrogen-bond donors (Lipinski definition) is 3. The van der Waals surface area contributed by atoms with Gasteiger partial charge in [-0.2, -0.15) is 9.61 Å². The van der Waals surface area contributed by atoms with Gasteiger partial charge in [0.2, 0.25) is 0 Å². The Morgan fingerprint density at radius 1 is 1.27 bits per heavy atom. The molecule has 4 heterocycles. The number of halogens is 1. The second-order valence-electron chi connectivity index (χ2n) is 9.48. The first-order valence-corrected chi connectivity index (χ1v) is 12.5. The van der Waals surface area contributed by atoms with Gasteiger partial charge in [-0.1, -0.05) is 24.2 Å². The van der Waals surface area contributed by atoms with Crippen molar-refractivity contribution in [2.75, 3.05) is 37.8 Å². The summed E-state index contributed by atoms with van der Waals surface area (Å²) >= 11 is 6.18. The van der Waals surface area contributed by atoms with Gasteiger partial charge in [0.15, 0.2) is 5.65 Å². The van der Waals surface area contributed by atoms with Crippen LogP contribution in [0.2, 0.25) is 5.02 Å². The van der Waals surface area contributed by atoms with Crippen LogP contribution in [-0.2, 0) is 4.79 Å². The molecule has 0 radical (unpaired) electrons. The number of urea groups is 1. The lowest BCUT2D eigenvalue weighted by molar-refractivity contribution is -0.115. The average Bonchev–Trinajstić information content (AvgIpc) is 3.41. The highest BCUT2D eigenvalue weighted by molar-refractivity contribution is 6.30. The number of rotatable bonds is 5. The van der Waals surface area contributed by atoms with Gasteiger partial charge in [0.05, 0.1) is 6.20 Å². The molecule has 2 aliphatic rings. The van der Waals surface area contributed by atoms with E-state index < -0.39 is 0 Å². The number of aromatic nitrogens is 3. The summed E-state index contributed by atoms with van der Waals surface area (Å²) in [5, 5.41) is 14.9. The molecule has 192 valence electrons. The number of likely N-dealkylation sites (tertiary alicyclic amines) is 1. The van der Waals surface area contributed by atoms with Crippen LogP contribution >= 0.6 is 11.6 Å². The molecule has 0 atom stereocenters. The van der Waals surface area contributed by atoms with E-state index in [2.05, 4.69) is 27.6 Å². The molecule has 0 unspecified atom stereocenters. The first-order valence-electron chi connectivity index (χ1n) is 12.1. The maximum absolute atomic E-state index is 12.3. The Balaban J connectivity index is 1.46. The highest BCUT2D eigenvalue weighted by Crippen LogP contribution is 2.27. The predicted octanol–water partition coefficient (Wildman–Crippen LogP) is 4.10. The highest BCUT2D eigenvalue weighted by atomic mass is 35.5. The molecule has 2 aromatic heterocycles. The standard InChI is InChI=1S/C26H29ClN8O2/c1-16-11-17(25(36)29-16)12-18-15-28-35-23(31-20-7-9-34(10-8-20)26(37)33(2)3)14-22(32-24(18)35)30-21-6-4-5-19(27)13-21/h4-6,12-15,20,31H,1,7-11H2,2-3H3,(H,29,36)(H,30,32)/b17-12+. The van der Waals surface area contributed by atoms with Crippen LogP contribution in [0.15, 0.2) is 54.4 Å². The normalized spacial score (nSPS) is 17.4. The van der Waals surface area contributed by atoms with Crippen LogP contribution in [0.5, 0.6) is 0 Å². The summed E-state index contributed by atoms with van der Waals surface area (Å²) in [6, 6.07) is 9.50. The van der Waals surface area contributed by atoms with Gasteiger partial charge >= 0.3 is 6.03 Å². The maximum atomic E-state index is 12.3. The molecule has 2 fully saturated rings. The van der Waals surface area contributed by atoms with Crippen molar-refractivity contribution in [2.45, 2.75) is 25.3 Å². The zero-order chi connectivity index (χ0) is 26.1. The van der Waals surface area contributed by atoms with Crippen LogP contribution in [0, 0.1) is 0 Å². The Morgan fingerprint density at radius 3 is 2.73 bits per heavy atom. The predicted molar refractivity (Wildman–Crippen MR) is 145 cm³/mol. The molecule has 10 nitrogen and oxygen atoms in total. The molecule has 0 spiro atoms. The highest BCUT2D eigenvalue weighted by Gasteiger charge is 2.25. The summed E-state index contributed by atoms with van der Waals surface area (Å²) in [6.45, 7) is 5.20. The zero-order valence-electron chi connectivity index (χ0n) is 20.8. The quantitative estimate of drug-likeness (QED) is 0.437. The van der Waals surface area contributed by atoms with E-state index in [1.54, 1.807) is 35.8 Å². The minimum atomic E-state index is -0.157. The van der Waals surface area contributed by atoms with Crippen molar-refractivity contribution in [1.82, 2.24) is 29.7 Å². The molecular weight excluding hydrogens is 492 g/mol. The van der Waals surface area contributed by atoms with Crippen molar-refractivity contribution in [3.05, 3.63) is 65.0 Å². The second kappa shape index (κ2) is 10.1. The molecule has 3 amide bonds. The SMILES string of the molecule is C=C1C/C(=C\c2cnn3c(NC4CCN(C(=O)N(C)C)CC4)cc(Nc4cccc(Cl)c4)nc23)C(=O)N1. The number of fused-ring (bicyclic) bond motifs is 1. The van der Waals surface area contributed by atoms with E-state index in [0.29, 0.717) is 47.3 Å². The fourth-order valence-electron chi connectivity index (χ4n) is 4.57. The van der Waals surface area contributed by atoms with Crippen molar-refractivity contribution in [3.63, 3.8) is 0 Å². The minimum absolute atomic E-state index is 0.0288. The number of amides is 3. The van der Waals surface area contributed by atoms with E-state index in [0.717, 1.165) is 29.9 Å². The third-order valence-corrected chi connectivity index (χ3v) is 6.65. The van der Waals surface area contributed by atoms with Crippen LogP contribution in [-0.4, -0.2) is 69.6 Å². The summed E-state index contributed by atoms with van der Waals surface area (Å²) in [5.41, 5.74) is 3.42. The molecule has 3 N–H and O–H groups in total. The van der Waals surface area contributed by atoms with Gasteiger partial charge in [-0.15, -0.1) is 0 Å². The van der Waals surface area contributed by atoms with Crippen molar-refractivity contribution < 1.29 is 9.59 Å². The number of piperidine rings is 1. The van der Waals surface area contributed by atoms with Crippen molar-refractivity contribution >= 4 is 52.6 Å². The van der Waals surface area contributed by atoms with Crippen molar-refractivity contribution in [1.29, 1.82) is 0 Å². The third kappa shape index (κ3) is 5.39. The fourth-order valence-corrected chi connectivity index (χ4v) is 4.76. The fraction of sp³-hybridized carbons (Fsp3) is 0.308. The Hall–Kier alpha value is -4.05. The molecule has 1 aromatic carbocycles. The number of carbonyl (C=O) groups excluding carboxylic acids is 2. The molecule has 2 aliphatic heterocycles. The number of nitrogens with zero attached hydrogens (tertiary/aromatic N) is 5. The van der Waals surface area contributed by atoms with E-state index in [1.807, 2.05) is 35.2 Å². The molecule has 11 heteroatoms.